The molecule has 0 fully saturated rings. The molecular formula is C18H17ClO3. The van der Waals surface area contributed by atoms with E-state index in [2.05, 4.69) is 0 Å². The first-order valence-corrected chi connectivity index (χ1v) is 7.36. The van der Waals surface area contributed by atoms with E-state index in [-0.39, 0.29) is 0 Å². The monoisotopic (exact) mass is 316 g/mol. The van der Waals surface area contributed by atoms with Gasteiger partial charge < -0.3 is 9.47 Å². The van der Waals surface area contributed by atoms with E-state index >= 15 is 0 Å². The molecule has 0 aliphatic rings. The number of hydrogen-bond acceptors (Lipinski definition) is 3. The van der Waals surface area contributed by atoms with Crippen LogP contribution in [0.3, 0.4) is 0 Å². The molecule has 0 aliphatic heterocycles. The Bertz CT molecular complexity index is 692. The smallest absolute Gasteiger partial charge is 0.336 e. The van der Waals surface area contributed by atoms with E-state index in [1.54, 1.807) is 24.3 Å². The number of carbonyl (C=O) groups is 1. The van der Waals surface area contributed by atoms with E-state index in [1.165, 1.54) is 6.08 Å². The first kappa shape index (κ1) is 16.1. The van der Waals surface area contributed by atoms with Gasteiger partial charge in [0.2, 0.25) is 0 Å². The highest BCUT2D eigenvalue weighted by molar-refractivity contribution is 6.30. The summed E-state index contributed by atoms with van der Waals surface area (Å²) < 4.78 is 10.8. The van der Waals surface area contributed by atoms with E-state index in [0.717, 1.165) is 16.9 Å². The van der Waals surface area contributed by atoms with Crippen molar-refractivity contribution in [2.45, 2.75) is 13.8 Å². The maximum absolute atomic E-state index is 11.9. The number of para-hydroxylation sites is 1. The van der Waals surface area contributed by atoms with Crippen LogP contribution in [0.15, 0.2) is 48.5 Å². The predicted octanol–water partition coefficient (Wildman–Crippen LogP) is 4.67. The lowest BCUT2D eigenvalue weighted by atomic mass is 10.2. The number of esters is 1. The largest absolute Gasteiger partial charge is 0.493 e. The topological polar surface area (TPSA) is 35.5 Å². The molecule has 0 unspecified atom stereocenters. The molecule has 0 heterocycles. The summed E-state index contributed by atoms with van der Waals surface area (Å²) in [7, 11) is 0. The Hall–Kier alpha value is -2.26. The Morgan fingerprint density at radius 1 is 1.18 bits per heavy atom. The maximum Gasteiger partial charge on any atom is 0.336 e. The van der Waals surface area contributed by atoms with Gasteiger partial charge in [-0.3, -0.25) is 0 Å². The standard InChI is InChI=1S/C18H17ClO3/c1-3-21-17-7-5-4-6-14(17)8-11-18(20)22-16-10-9-15(19)12-13(16)2/h4-12H,3H2,1-2H3/b11-8+. The van der Waals surface area contributed by atoms with E-state index in [1.807, 2.05) is 38.1 Å². The fourth-order valence-corrected chi connectivity index (χ4v) is 2.16. The Labute approximate surface area is 135 Å². The molecule has 0 spiro atoms. The molecule has 0 amide bonds. The van der Waals surface area contributed by atoms with Crippen LogP contribution in [0.1, 0.15) is 18.1 Å². The summed E-state index contributed by atoms with van der Waals surface area (Å²) in [4.78, 5) is 11.9. The molecular weight excluding hydrogens is 300 g/mol. The van der Waals surface area contributed by atoms with Crippen LogP contribution in [-0.2, 0) is 4.79 Å². The van der Waals surface area contributed by atoms with Gasteiger partial charge in [-0.2, -0.15) is 0 Å². The minimum Gasteiger partial charge on any atom is -0.493 e. The molecule has 0 saturated carbocycles. The molecule has 3 nitrogen and oxygen atoms in total. The van der Waals surface area contributed by atoms with Gasteiger partial charge in [-0.1, -0.05) is 29.8 Å². The number of aryl methyl sites for hydroxylation is 1. The minimum absolute atomic E-state index is 0.447. The zero-order valence-corrected chi connectivity index (χ0v) is 13.3. The summed E-state index contributed by atoms with van der Waals surface area (Å²) in [6.45, 7) is 4.32. The van der Waals surface area contributed by atoms with Gasteiger partial charge in [0.1, 0.15) is 11.5 Å². The number of halogens is 1. The third kappa shape index (κ3) is 4.37. The summed E-state index contributed by atoms with van der Waals surface area (Å²) in [6, 6.07) is 12.6. The van der Waals surface area contributed by atoms with Crippen LogP contribution in [-0.4, -0.2) is 12.6 Å². The van der Waals surface area contributed by atoms with Crippen molar-refractivity contribution in [3.05, 3.63) is 64.7 Å². The molecule has 2 aromatic rings. The second-order valence-corrected chi connectivity index (χ2v) is 5.07. The molecule has 0 bridgehead atoms. The fraction of sp³-hybridized carbons (Fsp3) is 0.167. The molecule has 2 rings (SSSR count). The Morgan fingerprint density at radius 2 is 1.95 bits per heavy atom. The SMILES string of the molecule is CCOc1ccccc1/C=C/C(=O)Oc1ccc(Cl)cc1C. The van der Waals surface area contributed by atoms with Crippen molar-refractivity contribution in [2.75, 3.05) is 6.61 Å². The van der Waals surface area contributed by atoms with Crippen LogP contribution in [0, 0.1) is 6.92 Å². The first-order valence-electron chi connectivity index (χ1n) is 6.98. The minimum atomic E-state index is -0.447. The molecule has 0 radical (unpaired) electrons. The first-order chi connectivity index (χ1) is 10.6. The van der Waals surface area contributed by atoms with Crippen molar-refractivity contribution in [3.8, 4) is 11.5 Å². The van der Waals surface area contributed by atoms with Crippen molar-refractivity contribution in [3.63, 3.8) is 0 Å². The molecule has 114 valence electrons. The third-order valence-electron chi connectivity index (χ3n) is 2.97. The van der Waals surface area contributed by atoms with Gasteiger partial charge in [0, 0.05) is 16.7 Å². The van der Waals surface area contributed by atoms with E-state index in [4.69, 9.17) is 21.1 Å². The van der Waals surface area contributed by atoms with Crippen LogP contribution in [0.25, 0.3) is 6.08 Å². The lowest BCUT2D eigenvalue weighted by Crippen LogP contribution is -2.04. The molecule has 22 heavy (non-hydrogen) atoms. The zero-order valence-electron chi connectivity index (χ0n) is 12.5. The van der Waals surface area contributed by atoms with Gasteiger partial charge in [0.05, 0.1) is 6.61 Å². The molecule has 0 saturated heterocycles. The van der Waals surface area contributed by atoms with Crippen LogP contribution < -0.4 is 9.47 Å². The van der Waals surface area contributed by atoms with Gasteiger partial charge in [0.15, 0.2) is 0 Å². The number of rotatable bonds is 5. The van der Waals surface area contributed by atoms with Crippen LogP contribution in [0.2, 0.25) is 5.02 Å². The van der Waals surface area contributed by atoms with Crippen molar-refractivity contribution in [2.24, 2.45) is 0 Å². The van der Waals surface area contributed by atoms with Gasteiger partial charge in [-0.05, 0) is 49.8 Å². The number of hydrogen-bond donors (Lipinski definition) is 0. The molecule has 2 aromatic carbocycles. The highest BCUT2D eigenvalue weighted by atomic mass is 35.5. The number of carbonyl (C=O) groups excluding carboxylic acids is 1. The normalized spacial score (nSPS) is 10.7. The average molecular weight is 317 g/mol. The maximum atomic E-state index is 11.9. The quantitative estimate of drug-likeness (QED) is 0.457. The van der Waals surface area contributed by atoms with Crippen molar-refractivity contribution in [1.82, 2.24) is 0 Å². The molecule has 0 aliphatic carbocycles. The fourth-order valence-electron chi connectivity index (χ4n) is 1.93. The second kappa shape index (κ2) is 7.66. The van der Waals surface area contributed by atoms with Crippen molar-refractivity contribution >= 4 is 23.6 Å². The summed E-state index contributed by atoms with van der Waals surface area (Å²) in [5.74, 6) is 0.783. The lowest BCUT2D eigenvalue weighted by molar-refractivity contribution is -0.128. The van der Waals surface area contributed by atoms with Gasteiger partial charge in [-0.15, -0.1) is 0 Å². The Kier molecular flexibility index (Phi) is 5.61. The van der Waals surface area contributed by atoms with Crippen molar-refractivity contribution in [1.29, 1.82) is 0 Å². The summed E-state index contributed by atoms with van der Waals surface area (Å²) in [5, 5.41) is 0.610. The molecule has 4 heteroatoms. The summed E-state index contributed by atoms with van der Waals surface area (Å²) >= 11 is 5.87. The third-order valence-corrected chi connectivity index (χ3v) is 3.20. The number of ether oxygens (including phenoxy) is 2. The lowest BCUT2D eigenvalue weighted by Gasteiger charge is -2.07. The second-order valence-electron chi connectivity index (χ2n) is 4.64. The van der Waals surface area contributed by atoms with E-state index in [0.29, 0.717) is 17.4 Å². The highest BCUT2D eigenvalue weighted by Crippen LogP contribution is 2.23. The van der Waals surface area contributed by atoms with E-state index < -0.39 is 5.97 Å². The van der Waals surface area contributed by atoms with E-state index in [9.17, 15) is 4.79 Å². The van der Waals surface area contributed by atoms with Crippen LogP contribution in [0.5, 0.6) is 11.5 Å². The highest BCUT2D eigenvalue weighted by Gasteiger charge is 2.05. The molecule has 0 N–H and O–H groups in total. The van der Waals surface area contributed by atoms with Gasteiger partial charge >= 0.3 is 5.97 Å². The summed E-state index contributed by atoms with van der Waals surface area (Å²) in [6.07, 6.45) is 3.06. The van der Waals surface area contributed by atoms with Gasteiger partial charge in [-0.25, -0.2) is 4.79 Å². The van der Waals surface area contributed by atoms with Crippen LogP contribution in [0.4, 0.5) is 0 Å². The van der Waals surface area contributed by atoms with Gasteiger partial charge in [0.25, 0.3) is 0 Å². The Morgan fingerprint density at radius 3 is 2.68 bits per heavy atom. The Balaban J connectivity index is 2.08. The summed E-state index contributed by atoms with van der Waals surface area (Å²) in [5.41, 5.74) is 1.64. The van der Waals surface area contributed by atoms with Crippen LogP contribution >= 0.6 is 11.6 Å². The predicted molar refractivity (Wildman–Crippen MR) is 88.5 cm³/mol. The molecule has 0 atom stereocenters. The number of benzene rings is 2. The average Bonchev–Trinajstić information content (AvgIpc) is 2.49. The zero-order chi connectivity index (χ0) is 15.9. The van der Waals surface area contributed by atoms with Crippen molar-refractivity contribution < 1.29 is 14.3 Å². The molecule has 0 aromatic heterocycles.